The van der Waals surface area contributed by atoms with Gasteiger partial charge in [-0.3, -0.25) is 14.4 Å². The van der Waals surface area contributed by atoms with Gasteiger partial charge in [0.1, 0.15) is 11.7 Å². The Morgan fingerprint density at radius 3 is 2.47 bits per heavy atom. The van der Waals surface area contributed by atoms with Gasteiger partial charge in [-0.1, -0.05) is 52.7 Å². The van der Waals surface area contributed by atoms with Gasteiger partial charge in [-0.05, 0) is 36.8 Å². The molecule has 0 saturated heterocycles. The molecule has 0 amide bonds. The number of carbonyl (C=O) groups excluding carboxylic acids is 3. The van der Waals surface area contributed by atoms with Crippen LogP contribution in [0.3, 0.4) is 0 Å². The SMILES string of the molecule is CCCCCC(=O)O[C@@]12CC(C)C34C=C(C)[C@H](OC(C)=O)[C@@]3(O)[C@H](O)C(CO)=C[C@H](C4=O)[C@@H]1C2(C)C. The summed E-state index contributed by atoms with van der Waals surface area (Å²) < 4.78 is 11.7. The van der Waals surface area contributed by atoms with Crippen LogP contribution in [-0.4, -0.2) is 63.1 Å². The maximum absolute atomic E-state index is 14.5. The first-order valence-corrected chi connectivity index (χ1v) is 13.1. The van der Waals surface area contributed by atoms with E-state index in [1.807, 2.05) is 20.8 Å². The molecule has 2 saturated carbocycles. The number of esters is 2. The Balaban J connectivity index is 1.86. The number of hydrogen-bond acceptors (Lipinski definition) is 8. The molecule has 0 aromatic carbocycles. The molecule has 0 aliphatic heterocycles. The first-order valence-electron chi connectivity index (χ1n) is 13.1. The van der Waals surface area contributed by atoms with Crippen LogP contribution in [0.15, 0.2) is 23.3 Å². The maximum Gasteiger partial charge on any atom is 0.306 e. The summed E-state index contributed by atoms with van der Waals surface area (Å²) in [7, 11) is 0. The van der Waals surface area contributed by atoms with Crippen molar-refractivity contribution in [3.05, 3.63) is 23.3 Å². The molecular weight excluding hydrogens is 464 g/mol. The second-order valence-corrected chi connectivity index (χ2v) is 11.9. The summed E-state index contributed by atoms with van der Waals surface area (Å²) in [6.07, 6.45) is 3.53. The van der Waals surface area contributed by atoms with Gasteiger partial charge in [0.2, 0.25) is 0 Å². The Bertz CT molecular complexity index is 1030. The lowest BCUT2D eigenvalue weighted by Crippen LogP contribution is -2.66. The van der Waals surface area contributed by atoms with Crippen molar-refractivity contribution in [2.75, 3.05) is 6.61 Å². The van der Waals surface area contributed by atoms with Gasteiger partial charge in [-0.2, -0.15) is 0 Å². The number of Topliss-reactive ketones (excluding diaryl/α,β-unsaturated/α-hetero) is 1. The second-order valence-electron chi connectivity index (χ2n) is 11.9. The van der Waals surface area contributed by atoms with Gasteiger partial charge >= 0.3 is 11.9 Å². The fourth-order valence-electron chi connectivity index (χ4n) is 7.83. The summed E-state index contributed by atoms with van der Waals surface area (Å²) in [6.45, 7) is 10.1. The van der Waals surface area contributed by atoms with Gasteiger partial charge < -0.3 is 24.8 Å². The van der Waals surface area contributed by atoms with Gasteiger partial charge in [0.15, 0.2) is 17.5 Å². The van der Waals surface area contributed by atoms with Gasteiger partial charge in [0, 0.05) is 30.6 Å². The number of ether oxygens (including phenoxy) is 2. The van der Waals surface area contributed by atoms with E-state index >= 15 is 0 Å². The summed E-state index contributed by atoms with van der Waals surface area (Å²) in [4.78, 5) is 39.4. The fraction of sp³-hybridized carbons (Fsp3) is 0.750. The zero-order chi connectivity index (χ0) is 26.8. The van der Waals surface area contributed by atoms with Crippen LogP contribution < -0.4 is 0 Å². The normalized spacial score (nSPS) is 42.2. The lowest BCUT2D eigenvalue weighted by atomic mass is 9.59. The Morgan fingerprint density at radius 2 is 1.89 bits per heavy atom. The van der Waals surface area contributed by atoms with Crippen LogP contribution in [0.2, 0.25) is 0 Å². The third-order valence-electron chi connectivity index (χ3n) is 9.58. The number of aliphatic hydroxyl groups excluding tert-OH is 2. The van der Waals surface area contributed by atoms with Crippen molar-refractivity contribution in [3.8, 4) is 0 Å². The van der Waals surface area contributed by atoms with Crippen molar-refractivity contribution >= 4 is 17.7 Å². The van der Waals surface area contributed by atoms with Crippen molar-refractivity contribution in [1.29, 1.82) is 0 Å². The Morgan fingerprint density at radius 1 is 1.22 bits per heavy atom. The van der Waals surface area contributed by atoms with E-state index in [-0.39, 0.29) is 23.2 Å². The number of rotatable bonds is 7. The van der Waals surface area contributed by atoms with E-state index in [0.717, 1.165) is 19.3 Å². The van der Waals surface area contributed by atoms with Crippen LogP contribution in [0.4, 0.5) is 0 Å². The second kappa shape index (κ2) is 8.77. The lowest BCUT2D eigenvalue weighted by Gasteiger charge is -2.49. The number of allylic oxidation sites excluding steroid dienone is 1. The standard InChI is InChI=1S/C28H40O8/c1-7-8-9-10-20(31)36-27-13-16(3)26-12-15(2)24(35-17(4)30)28(26,34)22(32)18(14-29)11-19(23(26)33)21(27)25(27,5)6/h11-12,16,19,21-22,24,29,32,34H,7-10,13-14H2,1-6H3/t16?,19-,21+,22+,24-,26?,27-,28-/m0/s1. The van der Waals surface area contributed by atoms with E-state index in [0.29, 0.717) is 18.4 Å². The fourth-order valence-corrected chi connectivity index (χ4v) is 7.83. The Labute approximate surface area is 212 Å². The summed E-state index contributed by atoms with van der Waals surface area (Å²) in [5.74, 6) is -3.02. The van der Waals surface area contributed by atoms with E-state index in [9.17, 15) is 29.7 Å². The quantitative estimate of drug-likeness (QED) is 0.274. The van der Waals surface area contributed by atoms with Crippen LogP contribution in [0.25, 0.3) is 0 Å². The molecule has 4 rings (SSSR count). The summed E-state index contributed by atoms with van der Waals surface area (Å²) in [5, 5.41) is 34.0. The molecule has 36 heavy (non-hydrogen) atoms. The topological polar surface area (TPSA) is 130 Å². The highest BCUT2D eigenvalue weighted by Gasteiger charge is 2.83. The molecule has 0 aromatic rings. The molecule has 4 aliphatic rings. The smallest absolute Gasteiger partial charge is 0.306 e. The number of carbonyl (C=O) groups is 3. The van der Waals surface area contributed by atoms with Gasteiger partial charge in [-0.25, -0.2) is 0 Å². The zero-order valence-electron chi connectivity index (χ0n) is 22.2. The van der Waals surface area contributed by atoms with E-state index in [4.69, 9.17) is 9.47 Å². The summed E-state index contributed by atoms with van der Waals surface area (Å²) in [6, 6.07) is 0. The average Bonchev–Trinajstić information content (AvgIpc) is 3.19. The zero-order valence-corrected chi connectivity index (χ0v) is 22.2. The molecule has 8 nitrogen and oxygen atoms in total. The maximum atomic E-state index is 14.5. The van der Waals surface area contributed by atoms with Gasteiger partial charge in [-0.15, -0.1) is 0 Å². The van der Waals surface area contributed by atoms with Crippen LogP contribution in [-0.2, 0) is 23.9 Å². The summed E-state index contributed by atoms with van der Waals surface area (Å²) >= 11 is 0. The van der Waals surface area contributed by atoms with Crippen molar-refractivity contribution in [1.82, 2.24) is 0 Å². The van der Waals surface area contributed by atoms with Gasteiger partial charge in [0.25, 0.3) is 0 Å². The van der Waals surface area contributed by atoms with Crippen LogP contribution in [0, 0.1) is 28.6 Å². The van der Waals surface area contributed by atoms with E-state index < -0.39 is 58.7 Å². The number of aliphatic hydroxyl groups is 3. The Kier molecular flexibility index (Phi) is 6.59. The molecule has 0 aromatic heterocycles. The van der Waals surface area contributed by atoms with E-state index in [2.05, 4.69) is 6.92 Å². The van der Waals surface area contributed by atoms with E-state index in [1.54, 1.807) is 19.1 Å². The minimum absolute atomic E-state index is 0.0953. The molecule has 8 heteroatoms. The third kappa shape index (κ3) is 3.33. The predicted octanol–water partition coefficient (Wildman–Crippen LogP) is 2.63. The highest BCUT2D eigenvalue weighted by Crippen LogP contribution is 2.75. The Hall–Kier alpha value is -2.03. The minimum Gasteiger partial charge on any atom is -0.458 e. The molecule has 1 spiro atoms. The number of ketones is 1. The van der Waals surface area contributed by atoms with Crippen molar-refractivity contribution in [2.24, 2.45) is 28.6 Å². The van der Waals surface area contributed by atoms with Crippen LogP contribution >= 0.6 is 0 Å². The summed E-state index contributed by atoms with van der Waals surface area (Å²) in [5.41, 5.74) is -4.71. The van der Waals surface area contributed by atoms with Crippen molar-refractivity contribution < 1.29 is 39.2 Å². The van der Waals surface area contributed by atoms with E-state index in [1.165, 1.54) is 6.92 Å². The van der Waals surface area contributed by atoms with Crippen LogP contribution in [0.1, 0.15) is 73.6 Å². The molecule has 200 valence electrons. The number of hydrogen-bond donors (Lipinski definition) is 3. The molecule has 2 fully saturated rings. The average molecular weight is 505 g/mol. The van der Waals surface area contributed by atoms with Gasteiger partial charge in [0.05, 0.1) is 12.0 Å². The lowest BCUT2D eigenvalue weighted by molar-refractivity contribution is -0.203. The monoisotopic (exact) mass is 504 g/mol. The molecule has 0 heterocycles. The number of unbranched alkanes of at least 4 members (excludes halogenated alkanes) is 2. The predicted molar refractivity (Wildman–Crippen MR) is 130 cm³/mol. The first kappa shape index (κ1) is 27.0. The number of fused-ring (bicyclic) bond motifs is 3. The molecule has 2 unspecified atom stereocenters. The molecule has 3 N–H and O–H groups in total. The molecule has 2 bridgehead atoms. The molecular formula is C28H40O8. The molecule has 8 atom stereocenters. The minimum atomic E-state index is -2.21. The van der Waals surface area contributed by atoms with Crippen molar-refractivity contribution in [2.45, 2.75) is 97.1 Å². The first-order chi connectivity index (χ1) is 16.8. The van der Waals surface area contributed by atoms with Crippen molar-refractivity contribution in [3.63, 3.8) is 0 Å². The molecule has 0 radical (unpaired) electrons. The highest BCUT2D eigenvalue weighted by atomic mass is 16.6. The largest absolute Gasteiger partial charge is 0.458 e. The highest BCUT2D eigenvalue weighted by molar-refractivity contribution is 5.96. The van der Waals surface area contributed by atoms with Crippen LogP contribution in [0.5, 0.6) is 0 Å². The molecule has 4 aliphatic carbocycles. The third-order valence-corrected chi connectivity index (χ3v) is 9.58.